The maximum atomic E-state index is 12.6. The van der Waals surface area contributed by atoms with Crippen LogP contribution < -0.4 is 0 Å². The molecule has 0 radical (unpaired) electrons. The predicted octanol–water partition coefficient (Wildman–Crippen LogP) is 4.93. The van der Waals surface area contributed by atoms with E-state index in [9.17, 15) is 19.8 Å². The normalized spacial score (nSPS) is 46.4. The number of Topliss-reactive ketones (excluding diaryl/α,β-unsaturated/α-hetero) is 1. The summed E-state index contributed by atoms with van der Waals surface area (Å²) in [7, 11) is 0. The number of allylic oxidation sites excluding steroid dienone is 2. The molecular weight excluding hydrogens is 455 g/mol. The van der Waals surface area contributed by atoms with Gasteiger partial charge in [0.2, 0.25) is 11.5 Å². The number of ketones is 2. The van der Waals surface area contributed by atoms with Crippen molar-refractivity contribution in [3.8, 4) is 0 Å². The Morgan fingerprint density at radius 1 is 1.22 bits per heavy atom. The molecule has 5 heteroatoms. The van der Waals surface area contributed by atoms with Crippen molar-refractivity contribution < 1.29 is 19.8 Å². The molecule has 27 heavy (non-hydrogen) atoms. The third kappa shape index (κ3) is 2.45. The number of aliphatic hydroxyl groups is 2. The van der Waals surface area contributed by atoms with E-state index in [1.165, 1.54) is 0 Å². The van der Waals surface area contributed by atoms with Gasteiger partial charge in [-0.05, 0) is 79.8 Å². The first-order valence-corrected chi connectivity index (χ1v) is 11.7. The Kier molecular flexibility index (Phi) is 4.56. The quantitative estimate of drug-likeness (QED) is 0.431. The number of hydrogen-bond acceptors (Lipinski definition) is 4. The molecule has 4 aliphatic rings. The van der Waals surface area contributed by atoms with Crippen LogP contribution in [0.4, 0.5) is 0 Å². The van der Waals surface area contributed by atoms with E-state index in [1.54, 1.807) is 6.08 Å². The number of aliphatic hydroxyl groups excluding tert-OH is 2. The van der Waals surface area contributed by atoms with E-state index in [1.807, 2.05) is 6.92 Å². The Morgan fingerprint density at radius 3 is 2.59 bits per heavy atom. The Balaban J connectivity index is 1.75. The van der Waals surface area contributed by atoms with Crippen molar-refractivity contribution >= 4 is 34.2 Å². The second-order valence-corrected chi connectivity index (χ2v) is 10.4. The number of alkyl halides is 1. The van der Waals surface area contributed by atoms with Gasteiger partial charge in [-0.25, -0.2) is 0 Å². The lowest BCUT2D eigenvalue weighted by atomic mass is 9.45. The topological polar surface area (TPSA) is 74.6 Å². The number of carbonyl (C=O) groups is 2. The molecule has 4 nitrogen and oxygen atoms in total. The SMILES string of the molecule is C[C@H]1C[C@@H]2[C@H](CC[C@]3(C)[C@@H](C(=O)CI)CC[C@@H]23)[C@]2(C)C1=CC(=O)C(O)=C2O. The van der Waals surface area contributed by atoms with Crippen molar-refractivity contribution in [1.82, 2.24) is 0 Å². The fourth-order valence-corrected chi connectivity index (χ4v) is 7.92. The van der Waals surface area contributed by atoms with Crippen LogP contribution >= 0.6 is 22.6 Å². The summed E-state index contributed by atoms with van der Waals surface area (Å²) in [5.41, 5.74) is 0.366. The first kappa shape index (κ1) is 19.5. The van der Waals surface area contributed by atoms with Crippen LogP contribution in [0, 0.1) is 40.4 Å². The third-order valence-electron chi connectivity index (χ3n) is 8.69. The molecule has 0 aromatic rings. The largest absolute Gasteiger partial charge is 0.507 e. The molecule has 0 unspecified atom stereocenters. The van der Waals surface area contributed by atoms with Gasteiger partial charge in [-0.2, -0.15) is 0 Å². The van der Waals surface area contributed by atoms with Crippen LogP contribution in [0.25, 0.3) is 0 Å². The van der Waals surface area contributed by atoms with Gasteiger partial charge >= 0.3 is 0 Å². The predicted molar refractivity (Wildman–Crippen MR) is 112 cm³/mol. The molecule has 0 aliphatic heterocycles. The molecule has 4 rings (SSSR count). The molecule has 2 N–H and O–H groups in total. The maximum Gasteiger partial charge on any atom is 0.223 e. The van der Waals surface area contributed by atoms with Crippen LogP contribution in [0.3, 0.4) is 0 Å². The Labute approximate surface area is 174 Å². The monoisotopic (exact) mass is 484 g/mol. The van der Waals surface area contributed by atoms with E-state index in [0.717, 1.165) is 37.7 Å². The smallest absolute Gasteiger partial charge is 0.223 e. The van der Waals surface area contributed by atoms with Gasteiger partial charge < -0.3 is 10.2 Å². The second-order valence-electron chi connectivity index (χ2n) is 9.65. The molecule has 0 amide bonds. The molecule has 4 aliphatic carbocycles. The van der Waals surface area contributed by atoms with Crippen LogP contribution in [0.1, 0.15) is 52.9 Å². The number of fused-ring (bicyclic) bond motifs is 5. The van der Waals surface area contributed by atoms with E-state index >= 15 is 0 Å². The molecule has 0 saturated heterocycles. The average Bonchev–Trinajstić information content (AvgIpc) is 2.99. The zero-order valence-corrected chi connectivity index (χ0v) is 18.5. The Hall–Kier alpha value is -0.850. The first-order chi connectivity index (χ1) is 12.7. The van der Waals surface area contributed by atoms with Gasteiger partial charge in [0.25, 0.3) is 0 Å². The third-order valence-corrected chi connectivity index (χ3v) is 9.44. The van der Waals surface area contributed by atoms with E-state index < -0.39 is 17.0 Å². The zero-order valence-electron chi connectivity index (χ0n) is 16.3. The average molecular weight is 484 g/mol. The minimum Gasteiger partial charge on any atom is -0.507 e. The number of halogens is 1. The molecule has 3 saturated carbocycles. The van der Waals surface area contributed by atoms with Gasteiger partial charge in [-0.1, -0.05) is 36.4 Å². The molecule has 0 heterocycles. The van der Waals surface area contributed by atoms with Crippen molar-refractivity contribution in [2.45, 2.75) is 52.9 Å². The number of hydrogen-bond donors (Lipinski definition) is 2. The van der Waals surface area contributed by atoms with E-state index in [-0.39, 0.29) is 28.9 Å². The lowest BCUT2D eigenvalue weighted by molar-refractivity contribution is -0.127. The van der Waals surface area contributed by atoms with Gasteiger partial charge in [-0.15, -0.1) is 0 Å². The molecule has 148 valence electrons. The first-order valence-electron chi connectivity index (χ1n) is 10.1. The second kappa shape index (κ2) is 6.33. The van der Waals surface area contributed by atoms with Gasteiger partial charge in [-0.3, -0.25) is 9.59 Å². The van der Waals surface area contributed by atoms with Crippen LogP contribution in [-0.2, 0) is 9.59 Å². The summed E-state index contributed by atoms with van der Waals surface area (Å²) < 4.78 is 0.583. The summed E-state index contributed by atoms with van der Waals surface area (Å²) in [5.74, 6) is 0.750. The van der Waals surface area contributed by atoms with Crippen LogP contribution in [0.2, 0.25) is 0 Å². The van der Waals surface area contributed by atoms with Crippen molar-refractivity contribution in [3.63, 3.8) is 0 Å². The van der Waals surface area contributed by atoms with E-state index in [4.69, 9.17) is 0 Å². The fourth-order valence-electron chi connectivity index (χ4n) is 7.39. The van der Waals surface area contributed by atoms with Crippen molar-refractivity contribution in [1.29, 1.82) is 0 Å². The van der Waals surface area contributed by atoms with Crippen molar-refractivity contribution in [2.24, 2.45) is 40.4 Å². The summed E-state index contributed by atoms with van der Waals surface area (Å²) in [6.45, 7) is 6.46. The molecular formula is C22H29IO4. The van der Waals surface area contributed by atoms with Crippen LogP contribution in [-0.4, -0.2) is 26.2 Å². The highest BCUT2D eigenvalue weighted by molar-refractivity contribution is 14.1. The number of rotatable bonds is 2. The maximum absolute atomic E-state index is 12.6. The molecule has 7 atom stereocenters. The van der Waals surface area contributed by atoms with Crippen LogP contribution in [0.5, 0.6) is 0 Å². The minimum atomic E-state index is -0.660. The van der Waals surface area contributed by atoms with Crippen molar-refractivity contribution in [2.75, 3.05) is 4.43 Å². The highest BCUT2D eigenvalue weighted by atomic mass is 127. The highest BCUT2D eigenvalue weighted by Gasteiger charge is 2.62. The summed E-state index contributed by atoms with van der Waals surface area (Å²) in [6.07, 6.45) is 6.52. The summed E-state index contributed by atoms with van der Waals surface area (Å²) in [5, 5.41) is 21.1. The Bertz CT molecular complexity index is 768. The highest BCUT2D eigenvalue weighted by Crippen LogP contribution is 2.68. The summed E-state index contributed by atoms with van der Waals surface area (Å²) in [4.78, 5) is 24.7. The van der Waals surface area contributed by atoms with Gasteiger partial charge in [0, 0.05) is 5.92 Å². The Morgan fingerprint density at radius 2 is 1.93 bits per heavy atom. The summed E-state index contributed by atoms with van der Waals surface area (Å²) >= 11 is 2.19. The van der Waals surface area contributed by atoms with E-state index in [0.29, 0.717) is 22.0 Å². The lowest BCUT2D eigenvalue weighted by Crippen LogP contribution is -2.53. The van der Waals surface area contributed by atoms with Crippen molar-refractivity contribution in [3.05, 3.63) is 23.2 Å². The lowest BCUT2D eigenvalue weighted by Gasteiger charge is -2.58. The van der Waals surface area contributed by atoms with Gasteiger partial charge in [0.1, 0.15) is 11.5 Å². The minimum absolute atomic E-state index is 0.0482. The standard InChI is InChI=1S/C22H29IO4/c1-11-8-12-13-4-5-15(18(25)10-23)21(13,2)7-6-14(12)22(3)16(11)9-17(24)19(26)20(22)27/h9,11-15,26-27H,4-8,10H2,1-3H3/t11-,12-,13-,14-,15+,21-,22+/m0/s1. The molecule has 0 spiro atoms. The zero-order chi connectivity index (χ0) is 19.7. The number of carbonyl (C=O) groups excluding carboxylic acids is 2. The van der Waals surface area contributed by atoms with Gasteiger partial charge in [0.15, 0.2) is 0 Å². The van der Waals surface area contributed by atoms with Gasteiger partial charge in [0.05, 0.1) is 9.84 Å². The molecule has 0 bridgehead atoms. The van der Waals surface area contributed by atoms with Crippen LogP contribution in [0.15, 0.2) is 23.2 Å². The molecule has 0 aromatic heterocycles. The molecule has 0 aromatic carbocycles. The fraction of sp³-hybridized carbons (Fsp3) is 0.727. The summed E-state index contributed by atoms with van der Waals surface area (Å²) in [6, 6.07) is 0. The molecule has 3 fully saturated rings. The van der Waals surface area contributed by atoms with E-state index in [2.05, 4.69) is 36.4 Å².